The van der Waals surface area contributed by atoms with Crippen molar-refractivity contribution in [3.05, 3.63) is 48.0 Å². The number of aromatic nitrogens is 4. The molecule has 1 amide bonds. The van der Waals surface area contributed by atoms with E-state index in [9.17, 15) is 18.0 Å². The predicted molar refractivity (Wildman–Crippen MR) is 120 cm³/mol. The van der Waals surface area contributed by atoms with Gasteiger partial charge in [-0.25, -0.2) is 9.97 Å². The van der Waals surface area contributed by atoms with E-state index in [4.69, 9.17) is 4.74 Å². The zero-order valence-corrected chi connectivity index (χ0v) is 18.2. The molecule has 0 bridgehead atoms. The van der Waals surface area contributed by atoms with Gasteiger partial charge in [-0.1, -0.05) is 12.1 Å². The average Bonchev–Trinajstić information content (AvgIpc) is 3.18. The van der Waals surface area contributed by atoms with Crippen LogP contribution < -0.4 is 15.4 Å². The Hall–Kier alpha value is -3.89. The van der Waals surface area contributed by atoms with Crippen molar-refractivity contribution in [1.29, 1.82) is 0 Å². The number of amides is 1. The number of alkyl halides is 3. The molecule has 0 spiro atoms. The largest absolute Gasteiger partial charge is 0.497 e. The highest BCUT2D eigenvalue weighted by atomic mass is 19.4. The monoisotopic (exact) mass is 470 g/mol. The number of hydrogen-bond donors (Lipinski definition) is 2. The van der Waals surface area contributed by atoms with Crippen LogP contribution in [0.4, 0.5) is 19.1 Å². The van der Waals surface area contributed by atoms with E-state index in [0.29, 0.717) is 29.5 Å². The Labute approximate surface area is 192 Å². The Kier molecular flexibility index (Phi) is 5.46. The molecule has 2 aromatic carbocycles. The normalized spacial score (nSPS) is 16.9. The fourth-order valence-electron chi connectivity index (χ4n) is 4.08. The minimum Gasteiger partial charge on any atom is -0.497 e. The van der Waals surface area contributed by atoms with Crippen molar-refractivity contribution < 1.29 is 22.7 Å². The molecule has 2 aromatic heterocycles. The lowest BCUT2D eigenvalue weighted by Crippen LogP contribution is -2.38. The van der Waals surface area contributed by atoms with Crippen molar-refractivity contribution in [2.24, 2.45) is 0 Å². The molecule has 1 aliphatic rings. The van der Waals surface area contributed by atoms with Crippen LogP contribution in [0.3, 0.4) is 0 Å². The zero-order chi connectivity index (χ0) is 23.9. The number of methoxy groups -OCH3 is 1. The summed E-state index contributed by atoms with van der Waals surface area (Å²) >= 11 is 0. The molecule has 176 valence electrons. The van der Waals surface area contributed by atoms with E-state index in [2.05, 4.69) is 25.7 Å². The molecule has 11 heteroatoms. The van der Waals surface area contributed by atoms with Gasteiger partial charge < -0.3 is 15.4 Å². The van der Waals surface area contributed by atoms with E-state index in [1.54, 1.807) is 24.3 Å². The van der Waals surface area contributed by atoms with Gasteiger partial charge in [0.15, 0.2) is 11.5 Å². The highest BCUT2D eigenvalue weighted by Gasteiger charge is 2.35. The van der Waals surface area contributed by atoms with Gasteiger partial charge in [-0.2, -0.15) is 17.7 Å². The molecule has 0 unspecified atom stereocenters. The molecule has 1 atom stereocenters. The molecule has 2 N–H and O–H groups in total. The number of nitrogens with one attached hydrogen (secondary N) is 2. The first kappa shape index (κ1) is 21.9. The molecule has 1 aliphatic heterocycles. The summed E-state index contributed by atoms with van der Waals surface area (Å²) in [4.78, 5) is 21.5. The van der Waals surface area contributed by atoms with Crippen molar-refractivity contribution in [3.8, 4) is 17.1 Å². The minimum absolute atomic E-state index is 0.0775. The lowest BCUT2D eigenvalue weighted by Gasteiger charge is -2.16. The Bertz CT molecular complexity index is 1380. The van der Waals surface area contributed by atoms with Crippen LogP contribution in [-0.2, 0) is 11.0 Å². The number of rotatable bonds is 4. The molecular weight excluding hydrogens is 449 g/mol. The van der Waals surface area contributed by atoms with Gasteiger partial charge in [0.05, 0.1) is 18.2 Å². The second-order valence-corrected chi connectivity index (χ2v) is 8.02. The number of anilines is 1. The van der Waals surface area contributed by atoms with Crippen LogP contribution in [0.1, 0.15) is 24.8 Å². The maximum atomic E-state index is 13.8. The Morgan fingerprint density at radius 3 is 2.76 bits per heavy atom. The minimum atomic E-state index is -4.64. The number of para-hydroxylation sites is 1. The highest BCUT2D eigenvalue weighted by Crippen LogP contribution is 2.38. The van der Waals surface area contributed by atoms with Gasteiger partial charge in [0.25, 0.3) is 0 Å². The van der Waals surface area contributed by atoms with Crippen LogP contribution in [0, 0.1) is 0 Å². The van der Waals surface area contributed by atoms with E-state index >= 15 is 0 Å². The van der Waals surface area contributed by atoms with E-state index in [0.717, 1.165) is 18.9 Å². The van der Waals surface area contributed by atoms with E-state index in [1.807, 2.05) is 0 Å². The second-order valence-electron chi connectivity index (χ2n) is 8.02. The Balaban J connectivity index is 1.69. The smallest absolute Gasteiger partial charge is 0.417 e. The summed E-state index contributed by atoms with van der Waals surface area (Å²) in [6, 6.07) is 10.2. The summed E-state index contributed by atoms with van der Waals surface area (Å²) in [6.07, 6.45) is -2.33. The second kappa shape index (κ2) is 8.47. The molecule has 5 rings (SSSR count). The topological polar surface area (TPSA) is 93.4 Å². The average molecular weight is 470 g/mol. The molecule has 34 heavy (non-hydrogen) atoms. The van der Waals surface area contributed by atoms with Gasteiger partial charge in [0.1, 0.15) is 11.8 Å². The highest BCUT2D eigenvalue weighted by molar-refractivity contribution is 5.93. The van der Waals surface area contributed by atoms with Crippen molar-refractivity contribution in [3.63, 3.8) is 0 Å². The van der Waals surface area contributed by atoms with Gasteiger partial charge in [-0.3, -0.25) is 4.79 Å². The van der Waals surface area contributed by atoms with Crippen LogP contribution in [0.15, 0.2) is 42.5 Å². The van der Waals surface area contributed by atoms with Crippen LogP contribution >= 0.6 is 0 Å². The fraction of sp³-hybridized carbons (Fsp3) is 0.304. The number of ether oxygens (including phenoxy) is 1. The van der Waals surface area contributed by atoms with E-state index in [-0.39, 0.29) is 29.0 Å². The Morgan fingerprint density at radius 2 is 1.97 bits per heavy atom. The zero-order valence-electron chi connectivity index (χ0n) is 18.2. The summed E-state index contributed by atoms with van der Waals surface area (Å²) in [6.45, 7) is 0.600. The molecule has 0 radical (unpaired) electrons. The number of carbonyl (C=O) groups excluding carboxylic acids is 1. The first-order valence-corrected chi connectivity index (χ1v) is 10.8. The molecule has 1 fully saturated rings. The van der Waals surface area contributed by atoms with E-state index in [1.165, 1.54) is 23.8 Å². The summed E-state index contributed by atoms with van der Waals surface area (Å²) in [5, 5.41) is 11.0. The first-order valence-electron chi connectivity index (χ1n) is 10.8. The summed E-state index contributed by atoms with van der Waals surface area (Å²) in [7, 11) is 1.30. The van der Waals surface area contributed by atoms with Crippen molar-refractivity contribution in [2.45, 2.75) is 31.5 Å². The third-order valence-electron chi connectivity index (χ3n) is 5.79. The third-order valence-corrected chi connectivity index (χ3v) is 5.79. The summed E-state index contributed by atoms with van der Waals surface area (Å²) in [5.74, 6) is 0.0437. The van der Waals surface area contributed by atoms with Crippen molar-refractivity contribution in [2.75, 3.05) is 19.0 Å². The first-order chi connectivity index (χ1) is 16.3. The summed E-state index contributed by atoms with van der Waals surface area (Å²) in [5.41, 5.74) is -0.172. The lowest BCUT2D eigenvalue weighted by atomic mass is 10.1. The SMILES string of the molecule is COc1ccc(-c2nc3c4ccccc4nc(N[C@@H]4CCCCNC4=O)n3n2)c(C(F)(F)F)c1. The molecule has 8 nitrogen and oxygen atoms in total. The maximum absolute atomic E-state index is 13.8. The molecule has 4 aromatic rings. The standard InChI is InChI=1S/C23H21F3N6O2/c1-34-13-9-10-14(16(12-13)23(24,25)26)19-30-20-15-6-2-3-7-17(15)28-22(32(20)31-19)29-18-8-4-5-11-27-21(18)33/h2-3,6-7,9-10,12,18H,4-5,8,11H2,1H3,(H,27,33)(H,28,29)/t18-/m1/s1. The quantitative estimate of drug-likeness (QED) is 0.468. The molecule has 0 aliphatic carbocycles. The van der Waals surface area contributed by atoms with Crippen LogP contribution in [0.25, 0.3) is 27.9 Å². The van der Waals surface area contributed by atoms with Crippen LogP contribution in [-0.4, -0.2) is 45.2 Å². The number of benzene rings is 2. The van der Waals surface area contributed by atoms with Gasteiger partial charge in [-0.15, -0.1) is 5.10 Å². The molecule has 1 saturated heterocycles. The number of hydrogen-bond acceptors (Lipinski definition) is 6. The van der Waals surface area contributed by atoms with Crippen LogP contribution in [0.5, 0.6) is 5.75 Å². The number of carbonyl (C=O) groups is 1. The van der Waals surface area contributed by atoms with Gasteiger partial charge >= 0.3 is 6.18 Å². The van der Waals surface area contributed by atoms with Crippen LogP contribution in [0.2, 0.25) is 0 Å². The fourth-order valence-corrected chi connectivity index (χ4v) is 4.08. The maximum Gasteiger partial charge on any atom is 0.417 e. The van der Waals surface area contributed by atoms with Gasteiger partial charge in [-0.05, 0) is 49.6 Å². The Morgan fingerprint density at radius 1 is 1.15 bits per heavy atom. The molecule has 0 saturated carbocycles. The van der Waals surface area contributed by atoms with Gasteiger partial charge in [0.2, 0.25) is 11.9 Å². The van der Waals surface area contributed by atoms with Gasteiger partial charge in [0, 0.05) is 17.5 Å². The molecule has 3 heterocycles. The number of nitrogens with zero attached hydrogens (tertiary/aromatic N) is 4. The lowest BCUT2D eigenvalue weighted by molar-refractivity contribution is -0.137. The van der Waals surface area contributed by atoms with Crippen molar-refractivity contribution >= 4 is 28.4 Å². The number of fused-ring (bicyclic) bond motifs is 3. The summed E-state index contributed by atoms with van der Waals surface area (Å²) < 4.78 is 47.9. The molecular formula is C23H21F3N6O2. The predicted octanol–water partition coefficient (Wildman–Crippen LogP) is 4.05. The third kappa shape index (κ3) is 3.97. The van der Waals surface area contributed by atoms with Crippen molar-refractivity contribution in [1.82, 2.24) is 24.9 Å². The number of halogens is 3. The van der Waals surface area contributed by atoms with E-state index < -0.39 is 17.8 Å².